The first kappa shape index (κ1) is 16.7. The topological polar surface area (TPSA) is 108 Å². The molecule has 0 spiro atoms. The van der Waals surface area contributed by atoms with E-state index < -0.39 is 5.97 Å². The zero-order valence-corrected chi connectivity index (χ0v) is 14.6. The molecule has 1 aromatic carbocycles. The van der Waals surface area contributed by atoms with Gasteiger partial charge in [-0.3, -0.25) is 0 Å². The van der Waals surface area contributed by atoms with Gasteiger partial charge in [0.1, 0.15) is 11.9 Å². The summed E-state index contributed by atoms with van der Waals surface area (Å²) in [5, 5.41) is 26.0. The lowest BCUT2D eigenvalue weighted by Gasteiger charge is -2.31. The molecule has 0 fully saturated rings. The average molecular weight is 360 g/mol. The fourth-order valence-electron chi connectivity index (χ4n) is 3.38. The Bertz CT molecular complexity index is 1060. The predicted octanol–water partition coefficient (Wildman–Crippen LogP) is 2.10. The molecule has 0 saturated heterocycles. The minimum atomic E-state index is -1.08. The van der Waals surface area contributed by atoms with Crippen molar-refractivity contribution >= 4 is 11.8 Å². The third-order valence-corrected chi connectivity index (χ3v) is 4.77. The van der Waals surface area contributed by atoms with Gasteiger partial charge in [0.05, 0.1) is 16.9 Å². The molecule has 0 amide bonds. The number of carbonyl (C=O) groups is 1. The normalized spacial score (nSPS) is 13.1. The van der Waals surface area contributed by atoms with Gasteiger partial charge in [-0.05, 0) is 42.7 Å². The molecular weight excluding hydrogens is 344 g/mol. The summed E-state index contributed by atoms with van der Waals surface area (Å²) in [6.45, 7) is 3.16. The third-order valence-electron chi connectivity index (χ3n) is 4.77. The molecule has 0 unspecified atom stereocenters. The number of aromatic nitrogens is 4. The van der Waals surface area contributed by atoms with Crippen LogP contribution in [0.15, 0.2) is 36.5 Å². The number of fused-ring (bicyclic) bond motifs is 1. The van der Waals surface area contributed by atoms with Crippen LogP contribution in [0.25, 0.3) is 5.69 Å². The van der Waals surface area contributed by atoms with E-state index in [9.17, 15) is 9.90 Å². The molecular formula is C19H16N6O2. The van der Waals surface area contributed by atoms with Crippen molar-refractivity contribution in [1.29, 1.82) is 5.26 Å². The number of anilines is 1. The first-order valence-electron chi connectivity index (χ1n) is 8.46. The fourth-order valence-corrected chi connectivity index (χ4v) is 3.38. The number of carboxylic acids is 1. The van der Waals surface area contributed by atoms with Crippen LogP contribution in [0.4, 0.5) is 5.82 Å². The predicted molar refractivity (Wildman–Crippen MR) is 96.8 cm³/mol. The van der Waals surface area contributed by atoms with Gasteiger partial charge in [-0.25, -0.2) is 14.5 Å². The number of hydrogen-bond acceptors (Lipinski definition) is 6. The third kappa shape index (κ3) is 2.89. The van der Waals surface area contributed by atoms with Gasteiger partial charge in [0.2, 0.25) is 0 Å². The van der Waals surface area contributed by atoms with Gasteiger partial charge < -0.3 is 10.0 Å². The molecule has 1 N–H and O–H groups in total. The highest BCUT2D eigenvalue weighted by atomic mass is 16.4. The van der Waals surface area contributed by atoms with E-state index in [1.807, 2.05) is 18.2 Å². The van der Waals surface area contributed by atoms with E-state index in [2.05, 4.69) is 32.3 Å². The SMILES string of the molecule is Cc1c(C(=O)O)nnn1-c1cccc2c1CCN(c1ccc(C#N)cn1)C2. The lowest BCUT2D eigenvalue weighted by Crippen LogP contribution is -2.31. The van der Waals surface area contributed by atoms with Crippen LogP contribution in [0.5, 0.6) is 0 Å². The van der Waals surface area contributed by atoms with E-state index in [-0.39, 0.29) is 5.69 Å². The Balaban J connectivity index is 1.67. The van der Waals surface area contributed by atoms with E-state index in [1.165, 1.54) is 0 Å². The Morgan fingerprint density at radius 1 is 1.30 bits per heavy atom. The summed E-state index contributed by atoms with van der Waals surface area (Å²) in [4.78, 5) is 17.8. The molecule has 4 rings (SSSR count). The smallest absolute Gasteiger partial charge is 0.358 e. The van der Waals surface area contributed by atoms with Crippen molar-refractivity contribution in [1.82, 2.24) is 20.0 Å². The molecule has 1 aliphatic heterocycles. The quantitative estimate of drug-likeness (QED) is 0.762. The first-order valence-corrected chi connectivity index (χ1v) is 8.46. The fraction of sp³-hybridized carbons (Fsp3) is 0.211. The highest BCUT2D eigenvalue weighted by Crippen LogP contribution is 2.28. The summed E-state index contributed by atoms with van der Waals surface area (Å²) >= 11 is 0. The van der Waals surface area contributed by atoms with Crippen LogP contribution in [0, 0.1) is 18.3 Å². The second-order valence-electron chi connectivity index (χ2n) is 6.34. The van der Waals surface area contributed by atoms with Crippen molar-refractivity contribution in [2.24, 2.45) is 0 Å². The maximum absolute atomic E-state index is 11.3. The molecule has 3 heterocycles. The van der Waals surface area contributed by atoms with Gasteiger partial charge in [-0.1, -0.05) is 17.3 Å². The molecule has 1 aliphatic rings. The van der Waals surface area contributed by atoms with Crippen molar-refractivity contribution in [3.05, 3.63) is 64.6 Å². The van der Waals surface area contributed by atoms with Crippen LogP contribution in [-0.2, 0) is 13.0 Å². The van der Waals surface area contributed by atoms with Gasteiger partial charge in [-0.2, -0.15) is 5.26 Å². The number of hydrogen-bond donors (Lipinski definition) is 1. The second kappa shape index (κ2) is 6.53. The molecule has 2 aromatic heterocycles. The lowest BCUT2D eigenvalue weighted by molar-refractivity contribution is 0.0689. The Morgan fingerprint density at radius 3 is 2.81 bits per heavy atom. The molecule has 0 radical (unpaired) electrons. The minimum Gasteiger partial charge on any atom is -0.476 e. The number of carboxylic acid groups (broad SMARTS) is 1. The van der Waals surface area contributed by atoms with Crippen molar-refractivity contribution in [3.63, 3.8) is 0 Å². The zero-order valence-electron chi connectivity index (χ0n) is 14.6. The molecule has 0 bridgehead atoms. The monoisotopic (exact) mass is 360 g/mol. The molecule has 27 heavy (non-hydrogen) atoms. The number of benzene rings is 1. The zero-order chi connectivity index (χ0) is 19.0. The standard InChI is InChI=1S/C19H16N6O2/c1-12-18(19(26)27)22-23-25(12)16-4-2-3-14-11-24(8-7-15(14)16)17-6-5-13(9-20)10-21-17/h2-6,10H,7-8,11H2,1H3,(H,26,27). The van der Waals surface area contributed by atoms with Gasteiger partial charge in [0, 0.05) is 19.3 Å². The molecule has 0 saturated carbocycles. The summed E-state index contributed by atoms with van der Waals surface area (Å²) < 4.78 is 1.60. The molecule has 0 atom stereocenters. The van der Waals surface area contributed by atoms with Crippen molar-refractivity contribution < 1.29 is 9.90 Å². The summed E-state index contributed by atoms with van der Waals surface area (Å²) in [5.41, 5.74) is 4.13. The number of nitrogens with zero attached hydrogens (tertiary/aromatic N) is 6. The highest BCUT2D eigenvalue weighted by molar-refractivity contribution is 5.86. The number of aromatic carboxylic acids is 1. The molecule has 8 nitrogen and oxygen atoms in total. The van der Waals surface area contributed by atoms with Crippen LogP contribution in [-0.4, -0.2) is 37.6 Å². The second-order valence-corrected chi connectivity index (χ2v) is 6.34. The van der Waals surface area contributed by atoms with Crippen molar-refractivity contribution in [2.45, 2.75) is 19.9 Å². The molecule has 3 aromatic rings. The maximum Gasteiger partial charge on any atom is 0.358 e. The van der Waals surface area contributed by atoms with Crippen LogP contribution >= 0.6 is 0 Å². The largest absolute Gasteiger partial charge is 0.476 e. The first-order chi connectivity index (χ1) is 13.1. The Kier molecular flexibility index (Phi) is 4.05. The maximum atomic E-state index is 11.3. The number of pyridine rings is 1. The Hall–Kier alpha value is -3.73. The van der Waals surface area contributed by atoms with Crippen molar-refractivity contribution in [2.75, 3.05) is 11.4 Å². The summed E-state index contributed by atoms with van der Waals surface area (Å²) in [5.74, 6) is -0.253. The summed E-state index contributed by atoms with van der Waals surface area (Å²) in [7, 11) is 0. The van der Waals surface area contributed by atoms with E-state index in [0.29, 0.717) is 17.8 Å². The lowest BCUT2D eigenvalue weighted by atomic mass is 9.97. The van der Waals surface area contributed by atoms with E-state index in [0.717, 1.165) is 35.6 Å². The molecule has 0 aliphatic carbocycles. The van der Waals surface area contributed by atoms with Gasteiger partial charge in [-0.15, -0.1) is 5.10 Å². The van der Waals surface area contributed by atoms with Crippen LogP contribution in [0.2, 0.25) is 0 Å². The molecule has 8 heteroatoms. The van der Waals surface area contributed by atoms with Crippen LogP contribution in [0.3, 0.4) is 0 Å². The van der Waals surface area contributed by atoms with E-state index in [1.54, 1.807) is 23.9 Å². The highest BCUT2D eigenvalue weighted by Gasteiger charge is 2.23. The Labute approximate surface area is 155 Å². The number of nitriles is 1. The van der Waals surface area contributed by atoms with E-state index in [4.69, 9.17) is 5.26 Å². The van der Waals surface area contributed by atoms with Crippen LogP contribution in [0.1, 0.15) is 32.9 Å². The van der Waals surface area contributed by atoms with Gasteiger partial charge in [0.15, 0.2) is 5.69 Å². The Morgan fingerprint density at radius 2 is 2.15 bits per heavy atom. The van der Waals surface area contributed by atoms with Crippen LogP contribution < -0.4 is 4.90 Å². The van der Waals surface area contributed by atoms with Gasteiger partial charge >= 0.3 is 5.97 Å². The summed E-state index contributed by atoms with van der Waals surface area (Å²) in [6, 6.07) is 11.6. The minimum absolute atomic E-state index is 0.0354. The van der Waals surface area contributed by atoms with E-state index >= 15 is 0 Å². The summed E-state index contributed by atoms with van der Waals surface area (Å²) in [6.07, 6.45) is 2.35. The number of rotatable bonds is 3. The van der Waals surface area contributed by atoms with Gasteiger partial charge in [0.25, 0.3) is 0 Å². The average Bonchev–Trinajstić information content (AvgIpc) is 3.08. The van der Waals surface area contributed by atoms with Crippen molar-refractivity contribution in [3.8, 4) is 11.8 Å². The molecule has 134 valence electrons.